The molecule has 16 heavy (non-hydrogen) atoms. The molecule has 0 heterocycles. The van der Waals surface area contributed by atoms with Crippen LogP contribution < -0.4 is 10.1 Å². The van der Waals surface area contributed by atoms with Gasteiger partial charge < -0.3 is 10.1 Å². The van der Waals surface area contributed by atoms with Crippen molar-refractivity contribution in [3.05, 3.63) is 27.7 Å². The van der Waals surface area contributed by atoms with Crippen LogP contribution >= 0.6 is 27.5 Å². The highest BCUT2D eigenvalue weighted by Gasteiger charge is 2.06. The highest BCUT2D eigenvalue weighted by molar-refractivity contribution is 9.10. The zero-order chi connectivity index (χ0) is 12.1. The van der Waals surface area contributed by atoms with Gasteiger partial charge in [-0.05, 0) is 32.0 Å². The SMILES string of the molecule is CC(C)NC(=O)COc1ccc(Br)cc1Cl. The predicted octanol–water partition coefficient (Wildman–Crippen LogP) is 3.01. The molecule has 0 spiro atoms. The van der Waals surface area contributed by atoms with Gasteiger partial charge in [-0.2, -0.15) is 0 Å². The molecule has 0 fully saturated rings. The Labute approximate surface area is 108 Å². The van der Waals surface area contributed by atoms with Gasteiger partial charge in [-0.15, -0.1) is 0 Å². The van der Waals surface area contributed by atoms with Crippen LogP contribution in [-0.4, -0.2) is 18.6 Å². The molecule has 0 aromatic heterocycles. The number of benzene rings is 1. The topological polar surface area (TPSA) is 38.3 Å². The standard InChI is InChI=1S/C11H13BrClNO2/c1-7(2)14-11(15)6-16-10-4-3-8(12)5-9(10)13/h3-5,7H,6H2,1-2H3,(H,14,15). The Kier molecular flexibility index (Phi) is 5.09. The number of rotatable bonds is 4. The fourth-order valence-corrected chi connectivity index (χ4v) is 1.83. The van der Waals surface area contributed by atoms with E-state index in [1.54, 1.807) is 12.1 Å². The first-order chi connectivity index (χ1) is 7.49. The Morgan fingerprint density at radius 1 is 1.56 bits per heavy atom. The summed E-state index contributed by atoms with van der Waals surface area (Å²) >= 11 is 9.22. The summed E-state index contributed by atoms with van der Waals surface area (Å²) in [6.07, 6.45) is 0. The van der Waals surface area contributed by atoms with Gasteiger partial charge in [0, 0.05) is 10.5 Å². The second kappa shape index (κ2) is 6.11. The Balaban J connectivity index is 2.51. The average molecular weight is 307 g/mol. The minimum atomic E-state index is -0.158. The van der Waals surface area contributed by atoms with Crippen LogP contribution in [0, 0.1) is 0 Å². The van der Waals surface area contributed by atoms with E-state index in [4.69, 9.17) is 16.3 Å². The zero-order valence-corrected chi connectivity index (χ0v) is 11.4. The van der Waals surface area contributed by atoms with Crippen LogP contribution in [0.1, 0.15) is 13.8 Å². The van der Waals surface area contributed by atoms with Gasteiger partial charge in [0.2, 0.25) is 0 Å². The molecule has 0 aliphatic heterocycles. The minimum Gasteiger partial charge on any atom is -0.482 e. The van der Waals surface area contributed by atoms with Gasteiger partial charge in [-0.1, -0.05) is 27.5 Å². The monoisotopic (exact) mass is 305 g/mol. The molecule has 1 aromatic carbocycles. The maximum atomic E-state index is 11.3. The third-order valence-corrected chi connectivity index (χ3v) is 2.49. The second-order valence-electron chi connectivity index (χ2n) is 3.59. The van der Waals surface area contributed by atoms with E-state index in [1.807, 2.05) is 19.9 Å². The van der Waals surface area contributed by atoms with Crippen LogP contribution in [0.2, 0.25) is 5.02 Å². The lowest BCUT2D eigenvalue weighted by Crippen LogP contribution is -2.34. The fourth-order valence-electron chi connectivity index (χ4n) is 1.10. The van der Waals surface area contributed by atoms with Gasteiger partial charge >= 0.3 is 0 Å². The lowest BCUT2D eigenvalue weighted by Gasteiger charge is -2.10. The quantitative estimate of drug-likeness (QED) is 0.928. The number of carbonyl (C=O) groups excluding carboxylic acids is 1. The summed E-state index contributed by atoms with van der Waals surface area (Å²) in [6.45, 7) is 3.76. The van der Waals surface area contributed by atoms with E-state index < -0.39 is 0 Å². The second-order valence-corrected chi connectivity index (χ2v) is 4.91. The molecular weight excluding hydrogens is 293 g/mol. The Bertz CT molecular complexity index is 382. The van der Waals surface area contributed by atoms with Crippen molar-refractivity contribution >= 4 is 33.4 Å². The summed E-state index contributed by atoms with van der Waals surface area (Å²) in [5, 5.41) is 3.21. The molecule has 0 saturated carbocycles. The molecule has 0 aliphatic carbocycles. The van der Waals surface area contributed by atoms with Gasteiger partial charge in [-0.25, -0.2) is 0 Å². The molecule has 0 radical (unpaired) electrons. The third-order valence-electron chi connectivity index (χ3n) is 1.70. The summed E-state index contributed by atoms with van der Waals surface area (Å²) in [4.78, 5) is 11.3. The Morgan fingerprint density at radius 2 is 2.25 bits per heavy atom. The summed E-state index contributed by atoms with van der Waals surface area (Å²) in [5.74, 6) is 0.345. The Morgan fingerprint density at radius 3 is 2.81 bits per heavy atom. The molecule has 1 N–H and O–H groups in total. The number of hydrogen-bond acceptors (Lipinski definition) is 2. The van der Waals surface area contributed by atoms with Crippen LogP contribution in [0.25, 0.3) is 0 Å². The largest absolute Gasteiger partial charge is 0.482 e. The van der Waals surface area contributed by atoms with E-state index >= 15 is 0 Å². The van der Waals surface area contributed by atoms with Gasteiger partial charge in [0.25, 0.3) is 5.91 Å². The van der Waals surface area contributed by atoms with Crippen LogP contribution in [0.15, 0.2) is 22.7 Å². The molecule has 0 unspecified atom stereocenters. The van der Waals surface area contributed by atoms with Crippen molar-refractivity contribution < 1.29 is 9.53 Å². The molecule has 3 nitrogen and oxygen atoms in total. The molecule has 0 saturated heterocycles. The molecule has 88 valence electrons. The molecule has 0 atom stereocenters. The molecule has 1 aromatic rings. The smallest absolute Gasteiger partial charge is 0.258 e. The maximum absolute atomic E-state index is 11.3. The van der Waals surface area contributed by atoms with E-state index in [9.17, 15) is 4.79 Å². The maximum Gasteiger partial charge on any atom is 0.258 e. The molecule has 0 aliphatic rings. The van der Waals surface area contributed by atoms with Gasteiger partial charge in [0.1, 0.15) is 5.75 Å². The summed E-state index contributed by atoms with van der Waals surface area (Å²) in [6, 6.07) is 5.35. The molecule has 1 rings (SSSR count). The summed E-state index contributed by atoms with van der Waals surface area (Å²) in [7, 11) is 0. The first-order valence-electron chi connectivity index (χ1n) is 4.86. The highest BCUT2D eigenvalue weighted by Crippen LogP contribution is 2.27. The first kappa shape index (κ1) is 13.3. The highest BCUT2D eigenvalue weighted by atomic mass is 79.9. The van der Waals surface area contributed by atoms with Gasteiger partial charge in [0.05, 0.1) is 5.02 Å². The average Bonchev–Trinajstić information content (AvgIpc) is 2.15. The van der Waals surface area contributed by atoms with Crippen molar-refractivity contribution in [1.82, 2.24) is 5.32 Å². The van der Waals surface area contributed by atoms with Crippen molar-refractivity contribution in [2.45, 2.75) is 19.9 Å². The van der Waals surface area contributed by atoms with E-state index in [2.05, 4.69) is 21.2 Å². The first-order valence-corrected chi connectivity index (χ1v) is 6.03. The van der Waals surface area contributed by atoms with E-state index in [0.717, 1.165) is 4.47 Å². The number of amides is 1. The van der Waals surface area contributed by atoms with Gasteiger partial charge in [0.15, 0.2) is 6.61 Å². The lowest BCUT2D eigenvalue weighted by atomic mass is 10.3. The number of halogens is 2. The van der Waals surface area contributed by atoms with Crippen molar-refractivity contribution in [1.29, 1.82) is 0 Å². The zero-order valence-electron chi connectivity index (χ0n) is 9.09. The van der Waals surface area contributed by atoms with Crippen molar-refractivity contribution in [3.8, 4) is 5.75 Å². The normalized spacial score (nSPS) is 10.3. The molecule has 1 amide bonds. The van der Waals surface area contributed by atoms with E-state index in [1.165, 1.54) is 0 Å². The number of ether oxygens (including phenoxy) is 1. The van der Waals surface area contributed by atoms with Crippen molar-refractivity contribution in [2.75, 3.05) is 6.61 Å². The third kappa shape index (κ3) is 4.41. The van der Waals surface area contributed by atoms with Crippen LogP contribution in [0.3, 0.4) is 0 Å². The van der Waals surface area contributed by atoms with Crippen molar-refractivity contribution in [3.63, 3.8) is 0 Å². The van der Waals surface area contributed by atoms with Crippen LogP contribution in [-0.2, 0) is 4.79 Å². The molecule has 0 bridgehead atoms. The van der Waals surface area contributed by atoms with Crippen LogP contribution in [0.5, 0.6) is 5.75 Å². The minimum absolute atomic E-state index is 0.0282. The summed E-state index contributed by atoms with van der Waals surface area (Å²) in [5.41, 5.74) is 0. The van der Waals surface area contributed by atoms with E-state index in [-0.39, 0.29) is 18.6 Å². The number of carbonyl (C=O) groups is 1. The fraction of sp³-hybridized carbons (Fsp3) is 0.364. The lowest BCUT2D eigenvalue weighted by molar-refractivity contribution is -0.123. The number of hydrogen-bond donors (Lipinski definition) is 1. The molecular formula is C11H13BrClNO2. The van der Waals surface area contributed by atoms with Gasteiger partial charge in [-0.3, -0.25) is 4.79 Å². The summed E-state index contributed by atoms with van der Waals surface area (Å²) < 4.78 is 6.16. The Hall–Kier alpha value is -0.740. The number of nitrogens with one attached hydrogen (secondary N) is 1. The van der Waals surface area contributed by atoms with Crippen molar-refractivity contribution in [2.24, 2.45) is 0 Å². The van der Waals surface area contributed by atoms with E-state index in [0.29, 0.717) is 10.8 Å². The van der Waals surface area contributed by atoms with Crippen LogP contribution in [0.4, 0.5) is 0 Å². The molecule has 5 heteroatoms. The predicted molar refractivity (Wildman–Crippen MR) is 67.9 cm³/mol.